The molecule has 0 fully saturated rings. The van der Waals surface area contributed by atoms with Crippen molar-refractivity contribution in [2.75, 3.05) is 4.90 Å². The van der Waals surface area contributed by atoms with E-state index in [0.717, 1.165) is 50.1 Å². The van der Waals surface area contributed by atoms with Gasteiger partial charge >= 0.3 is 0 Å². The van der Waals surface area contributed by atoms with Gasteiger partial charge in [0.1, 0.15) is 11.2 Å². The SMILES string of the molecule is c1ccc2c(c1)Sc1ccccc1C21c2ccccc2-c2c(N(c3ccc(-c4ccc5oc6ccccc6c5c4)cc3)c3cccc4c3-c3ccccc3C43c4ccccc4Sc4ccccc43)cccc21. The van der Waals surface area contributed by atoms with E-state index in [-0.39, 0.29) is 0 Å². The van der Waals surface area contributed by atoms with Crippen LogP contribution in [0.25, 0.3) is 55.3 Å². The summed E-state index contributed by atoms with van der Waals surface area (Å²) in [7, 11) is 0. The van der Waals surface area contributed by atoms with Crippen molar-refractivity contribution >= 4 is 62.5 Å². The summed E-state index contributed by atoms with van der Waals surface area (Å²) >= 11 is 3.78. The van der Waals surface area contributed by atoms with Gasteiger partial charge in [-0.25, -0.2) is 0 Å². The Balaban J connectivity index is 0.984. The molecule has 2 aliphatic carbocycles. The lowest BCUT2D eigenvalue weighted by Crippen LogP contribution is -2.32. The third-order valence-electron chi connectivity index (χ3n) is 16.0. The lowest BCUT2D eigenvalue weighted by atomic mass is 9.67. The molecule has 1 aromatic heterocycles. The molecule has 0 saturated heterocycles. The van der Waals surface area contributed by atoms with Gasteiger partial charge in [0.15, 0.2) is 0 Å². The average molecular weight is 952 g/mol. The van der Waals surface area contributed by atoms with E-state index >= 15 is 0 Å². The highest BCUT2D eigenvalue weighted by atomic mass is 32.2. The van der Waals surface area contributed by atoms with E-state index in [1.807, 2.05) is 29.6 Å². The van der Waals surface area contributed by atoms with E-state index in [1.165, 1.54) is 86.3 Å². The number of nitrogens with zero attached hydrogens (tertiary/aromatic N) is 1. The summed E-state index contributed by atoms with van der Waals surface area (Å²) < 4.78 is 6.27. The summed E-state index contributed by atoms with van der Waals surface area (Å²) in [6.45, 7) is 0. The van der Waals surface area contributed by atoms with Crippen LogP contribution in [0.3, 0.4) is 0 Å². The highest BCUT2D eigenvalue weighted by Gasteiger charge is 2.53. The summed E-state index contributed by atoms with van der Waals surface area (Å²) in [5.41, 5.74) is 22.1. The molecule has 0 amide bonds. The quantitative estimate of drug-likeness (QED) is 0.175. The average Bonchev–Trinajstić information content (AvgIpc) is 4.07. The van der Waals surface area contributed by atoms with Gasteiger partial charge in [-0.05, 0) is 133 Å². The Hall–Kier alpha value is -8.28. The second-order valence-corrected chi connectivity index (χ2v) is 21.5. The van der Waals surface area contributed by atoms with E-state index in [2.05, 4.69) is 248 Å². The number of fused-ring (bicyclic) bond motifs is 21. The van der Waals surface area contributed by atoms with Crippen LogP contribution in [-0.2, 0) is 10.8 Å². The van der Waals surface area contributed by atoms with Crippen molar-refractivity contribution in [1.82, 2.24) is 0 Å². The maximum Gasteiger partial charge on any atom is 0.135 e. The molecule has 0 N–H and O–H groups in total. The minimum Gasteiger partial charge on any atom is -0.456 e. The summed E-state index contributed by atoms with van der Waals surface area (Å²) in [5.74, 6) is 0. The molecule has 2 aliphatic heterocycles. The Bertz CT molecular complexity index is 3970. The summed E-state index contributed by atoms with van der Waals surface area (Å²) in [5, 5.41) is 2.26. The third-order valence-corrected chi connectivity index (χ3v) is 18.3. The van der Waals surface area contributed by atoms with Gasteiger partial charge in [-0.15, -0.1) is 0 Å². The van der Waals surface area contributed by atoms with Gasteiger partial charge in [-0.3, -0.25) is 0 Å². The number of anilines is 3. The van der Waals surface area contributed by atoms with Crippen LogP contribution in [0.15, 0.2) is 273 Å². The molecule has 72 heavy (non-hydrogen) atoms. The van der Waals surface area contributed by atoms with Crippen LogP contribution in [0, 0.1) is 0 Å². The molecule has 0 atom stereocenters. The monoisotopic (exact) mass is 951 g/mol. The van der Waals surface area contributed by atoms with Crippen LogP contribution in [0.1, 0.15) is 44.5 Å². The van der Waals surface area contributed by atoms with Gasteiger partial charge < -0.3 is 9.32 Å². The fourth-order valence-corrected chi connectivity index (χ4v) is 15.6. The molecule has 11 aromatic carbocycles. The Morgan fingerprint density at radius 1 is 0.306 bits per heavy atom. The predicted octanol–water partition coefficient (Wildman–Crippen LogP) is 18.4. The Kier molecular flexibility index (Phi) is 8.49. The number of hydrogen-bond acceptors (Lipinski definition) is 4. The highest BCUT2D eigenvalue weighted by molar-refractivity contribution is 7.99. The first-order chi connectivity index (χ1) is 35.7. The summed E-state index contributed by atoms with van der Waals surface area (Å²) in [6.07, 6.45) is 0. The van der Waals surface area contributed by atoms with Gasteiger partial charge in [0, 0.05) is 47.2 Å². The normalized spacial score (nSPS) is 14.5. The molecule has 2 spiro atoms. The molecule has 336 valence electrons. The van der Waals surface area contributed by atoms with Crippen LogP contribution in [0.2, 0.25) is 0 Å². The Morgan fingerprint density at radius 3 is 1.22 bits per heavy atom. The molecule has 0 radical (unpaired) electrons. The fourth-order valence-electron chi connectivity index (χ4n) is 13.3. The lowest BCUT2D eigenvalue weighted by Gasteiger charge is -2.40. The molecule has 0 unspecified atom stereocenters. The van der Waals surface area contributed by atoms with E-state index < -0.39 is 10.8 Å². The van der Waals surface area contributed by atoms with Gasteiger partial charge in [0.25, 0.3) is 0 Å². The maximum absolute atomic E-state index is 6.27. The van der Waals surface area contributed by atoms with Crippen molar-refractivity contribution in [1.29, 1.82) is 0 Å². The molecule has 2 nitrogen and oxygen atoms in total. The molecule has 12 aromatic rings. The minimum atomic E-state index is -0.520. The molecular weight excluding hydrogens is 911 g/mol. The van der Waals surface area contributed by atoms with Crippen LogP contribution < -0.4 is 4.90 Å². The van der Waals surface area contributed by atoms with Crippen LogP contribution in [0.5, 0.6) is 0 Å². The van der Waals surface area contributed by atoms with Crippen molar-refractivity contribution in [2.24, 2.45) is 0 Å². The van der Waals surface area contributed by atoms with Crippen molar-refractivity contribution in [2.45, 2.75) is 30.4 Å². The molecule has 0 bridgehead atoms. The zero-order valence-electron chi connectivity index (χ0n) is 38.8. The molecule has 4 heteroatoms. The number of para-hydroxylation sites is 1. The topological polar surface area (TPSA) is 16.4 Å². The first kappa shape index (κ1) is 40.4. The van der Waals surface area contributed by atoms with E-state index in [0.29, 0.717) is 0 Å². The Morgan fingerprint density at radius 2 is 0.708 bits per heavy atom. The predicted molar refractivity (Wildman–Crippen MR) is 297 cm³/mol. The molecule has 4 aliphatic rings. The molecule has 16 rings (SSSR count). The van der Waals surface area contributed by atoms with Crippen molar-refractivity contribution in [3.8, 4) is 33.4 Å². The largest absolute Gasteiger partial charge is 0.456 e. The number of benzene rings is 11. The van der Waals surface area contributed by atoms with Gasteiger partial charge in [-0.1, -0.05) is 206 Å². The standard InChI is InChI=1S/C68H41NOS2/c1-4-20-49-46(18-1)65-55(67(49)51-22-6-11-31-61(51)71-62-32-12-7-23-52(62)67)26-15-28-57(65)69(44-38-35-42(36-39-44)43-37-40-60-48(41-43)45-17-3-10-30-59(45)70-60)58-29-16-27-56-66(58)47-19-2-5-21-50(47)68(56)53-24-8-13-33-63(53)72-64-34-14-9-25-54(64)68/h1-41H. The van der Waals surface area contributed by atoms with Gasteiger partial charge in [0.2, 0.25) is 0 Å². The number of hydrogen-bond donors (Lipinski definition) is 0. The first-order valence-corrected chi connectivity index (χ1v) is 26.4. The van der Waals surface area contributed by atoms with Crippen molar-refractivity contribution in [3.05, 3.63) is 293 Å². The molecule has 3 heterocycles. The van der Waals surface area contributed by atoms with Gasteiger partial charge in [0.05, 0.1) is 22.2 Å². The third kappa shape index (κ3) is 5.27. The van der Waals surface area contributed by atoms with Crippen LogP contribution in [-0.4, -0.2) is 0 Å². The lowest BCUT2D eigenvalue weighted by molar-refractivity contribution is 0.669. The second kappa shape index (κ2) is 15.1. The van der Waals surface area contributed by atoms with Crippen LogP contribution in [0.4, 0.5) is 17.1 Å². The van der Waals surface area contributed by atoms with Crippen molar-refractivity contribution < 1.29 is 4.42 Å². The highest BCUT2D eigenvalue weighted by Crippen LogP contribution is 2.67. The van der Waals surface area contributed by atoms with E-state index in [9.17, 15) is 0 Å². The number of rotatable bonds is 4. The maximum atomic E-state index is 6.27. The zero-order chi connectivity index (χ0) is 47.1. The smallest absolute Gasteiger partial charge is 0.135 e. The first-order valence-electron chi connectivity index (χ1n) is 24.7. The summed E-state index contributed by atoms with van der Waals surface area (Å²) in [6, 6.07) is 93.2. The zero-order valence-corrected chi connectivity index (χ0v) is 40.5. The minimum absolute atomic E-state index is 0.520. The van der Waals surface area contributed by atoms with E-state index in [4.69, 9.17) is 4.42 Å². The van der Waals surface area contributed by atoms with Crippen molar-refractivity contribution in [3.63, 3.8) is 0 Å². The van der Waals surface area contributed by atoms with Crippen LogP contribution >= 0.6 is 23.5 Å². The van der Waals surface area contributed by atoms with Gasteiger partial charge in [-0.2, -0.15) is 0 Å². The summed E-state index contributed by atoms with van der Waals surface area (Å²) in [4.78, 5) is 7.78. The fraction of sp³-hybridized carbons (Fsp3) is 0.0294. The second-order valence-electron chi connectivity index (χ2n) is 19.4. The molecular formula is C68H41NOS2. The van der Waals surface area contributed by atoms with E-state index in [1.54, 1.807) is 0 Å². The molecule has 0 saturated carbocycles. The Labute approximate surface area is 426 Å². The number of furan rings is 1.